The van der Waals surface area contributed by atoms with E-state index in [1.54, 1.807) is 6.92 Å². The zero-order valence-electron chi connectivity index (χ0n) is 8.24. The van der Waals surface area contributed by atoms with Crippen LogP contribution >= 0.6 is 0 Å². The molecule has 0 radical (unpaired) electrons. The van der Waals surface area contributed by atoms with Crippen molar-refractivity contribution in [1.29, 1.82) is 0 Å². The summed E-state index contributed by atoms with van der Waals surface area (Å²) in [7, 11) is 0. The lowest BCUT2D eigenvalue weighted by Crippen LogP contribution is -2.15. The molecule has 0 spiro atoms. The summed E-state index contributed by atoms with van der Waals surface area (Å²) in [4.78, 5) is 13.8. The van der Waals surface area contributed by atoms with Crippen LogP contribution in [0.2, 0.25) is 0 Å². The van der Waals surface area contributed by atoms with Gasteiger partial charge in [-0.2, -0.15) is 0 Å². The third kappa shape index (κ3) is 1.86. The molecule has 4 nitrogen and oxygen atoms in total. The van der Waals surface area contributed by atoms with Crippen molar-refractivity contribution in [3.05, 3.63) is 33.6 Å². The standard InChI is InChI=1S/C9H11FN2O2/c1-6-4-5-11-8(9(2,3)10)7(6)12(13)14/h4-5H,1-3H3. The molecule has 1 rings (SSSR count). The summed E-state index contributed by atoms with van der Waals surface area (Å²) in [6.07, 6.45) is 1.37. The lowest BCUT2D eigenvalue weighted by molar-refractivity contribution is -0.387. The zero-order chi connectivity index (χ0) is 10.9. The molecule has 0 saturated heterocycles. The van der Waals surface area contributed by atoms with Crippen molar-refractivity contribution in [2.75, 3.05) is 0 Å². The van der Waals surface area contributed by atoms with Crippen molar-refractivity contribution < 1.29 is 9.31 Å². The van der Waals surface area contributed by atoms with E-state index >= 15 is 0 Å². The maximum absolute atomic E-state index is 13.6. The second kappa shape index (κ2) is 3.32. The van der Waals surface area contributed by atoms with Crippen molar-refractivity contribution in [1.82, 2.24) is 4.98 Å². The first-order valence-electron chi connectivity index (χ1n) is 4.13. The normalized spacial score (nSPS) is 11.4. The van der Waals surface area contributed by atoms with Gasteiger partial charge in [-0.15, -0.1) is 0 Å². The van der Waals surface area contributed by atoms with E-state index in [1.807, 2.05) is 0 Å². The number of alkyl halides is 1. The number of pyridine rings is 1. The summed E-state index contributed by atoms with van der Waals surface area (Å²) in [6, 6.07) is 1.49. The van der Waals surface area contributed by atoms with Crippen molar-refractivity contribution in [3.8, 4) is 0 Å². The Bertz CT molecular complexity index is 372. The Hall–Kier alpha value is -1.52. The summed E-state index contributed by atoms with van der Waals surface area (Å²) in [5, 5.41) is 10.7. The molecule has 0 N–H and O–H groups in total. The number of hydrogen-bond donors (Lipinski definition) is 0. The number of aryl methyl sites for hydroxylation is 1. The van der Waals surface area contributed by atoms with Crippen LogP contribution in [0.3, 0.4) is 0 Å². The van der Waals surface area contributed by atoms with Gasteiger partial charge in [0.05, 0.1) is 4.92 Å². The maximum atomic E-state index is 13.6. The first-order valence-corrected chi connectivity index (χ1v) is 4.13. The van der Waals surface area contributed by atoms with Crippen LogP contribution in [0.15, 0.2) is 12.3 Å². The van der Waals surface area contributed by atoms with Crippen LogP contribution in [-0.4, -0.2) is 9.91 Å². The van der Waals surface area contributed by atoms with Gasteiger partial charge >= 0.3 is 0 Å². The number of hydrogen-bond acceptors (Lipinski definition) is 3. The van der Waals surface area contributed by atoms with Crippen LogP contribution in [-0.2, 0) is 5.67 Å². The molecule has 14 heavy (non-hydrogen) atoms. The highest BCUT2D eigenvalue weighted by atomic mass is 19.1. The number of nitro groups is 1. The van der Waals surface area contributed by atoms with E-state index < -0.39 is 10.6 Å². The first-order chi connectivity index (χ1) is 6.34. The monoisotopic (exact) mass is 198 g/mol. The van der Waals surface area contributed by atoms with Crippen LogP contribution in [0.1, 0.15) is 25.1 Å². The highest BCUT2D eigenvalue weighted by Crippen LogP contribution is 2.32. The van der Waals surface area contributed by atoms with Gasteiger partial charge in [-0.3, -0.25) is 15.1 Å². The maximum Gasteiger partial charge on any atom is 0.296 e. The van der Waals surface area contributed by atoms with Gasteiger partial charge in [0.2, 0.25) is 0 Å². The van der Waals surface area contributed by atoms with Gasteiger partial charge in [-0.05, 0) is 26.8 Å². The predicted molar refractivity (Wildman–Crippen MR) is 49.8 cm³/mol. The molecule has 0 atom stereocenters. The summed E-state index contributed by atoms with van der Waals surface area (Å²) < 4.78 is 13.6. The molecule has 0 aliphatic rings. The molecule has 1 heterocycles. The van der Waals surface area contributed by atoms with Gasteiger partial charge in [0.25, 0.3) is 5.69 Å². The summed E-state index contributed by atoms with van der Waals surface area (Å²) >= 11 is 0. The van der Waals surface area contributed by atoms with Crippen LogP contribution in [0.5, 0.6) is 0 Å². The van der Waals surface area contributed by atoms with E-state index in [4.69, 9.17) is 0 Å². The largest absolute Gasteiger partial charge is 0.296 e. The minimum absolute atomic E-state index is 0.123. The molecule has 0 unspecified atom stereocenters. The van der Waals surface area contributed by atoms with Crippen LogP contribution in [0.4, 0.5) is 10.1 Å². The van der Waals surface area contributed by atoms with Gasteiger partial charge in [-0.25, -0.2) is 4.39 Å². The fraction of sp³-hybridized carbons (Fsp3) is 0.444. The molecule has 1 aromatic heterocycles. The Morgan fingerprint density at radius 3 is 2.50 bits per heavy atom. The predicted octanol–water partition coefficient (Wildman–Crippen LogP) is 2.50. The Labute approximate surface area is 80.9 Å². The highest BCUT2D eigenvalue weighted by molar-refractivity contribution is 5.45. The zero-order valence-corrected chi connectivity index (χ0v) is 8.24. The Kier molecular flexibility index (Phi) is 2.51. The van der Waals surface area contributed by atoms with Crippen molar-refractivity contribution >= 4 is 5.69 Å². The molecule has 1 aromatic rings. The van der Waals surface area contributed by atoms with E-state index in [9.17, 15) is 14.5 Å². The average molecular weight is 198 g/mol. The van der Waals surface area contributed by atoms with Crippen molar-refractivity contribution in [3.63, 3.8) is 0 Å². The van der Waals surface area contributed by atoms with E-state index in [0.29, 0.717) is 5.56 Å². The van der Waals surface area contributed by atoms with Crippen molar-refractivity contribution in [2.45, 2.75) is 26.4 Å². The van der Waals surface area contributed by atoms with Gasteiger partial charge in [0.1, 0.15) is 0 Å². The lowest BCUT2D eigenvalue weighted by atomic mass is 10.0. The first kappa shape index (κ1) is 10.6. The highest BCUT2D eigenvalue weighted by Gasteiger charge is 2.31. The molecule has 0 aliphatic carbocycles. The van der Waals surface area contributed by atoms with Crippen LogP contribution in [0.25, 0.3) is 0 Å². The van der Waals surface area contributed by atoms with E-state index in [1.165, 1.54) is 26.1 Å². The molecule has 0 fully saturated rings. The number of halogens is 1. The third-order valence-corrected chi connectivity index (χ3v) is 1.87. The third-order valence-electron chi connectivity index (χ3n) is 1.87. The van der Waals surface area contributed by atoms with Crippen molar-refractivity contribution in [2.24, 2.45) is 0 Å². The molecule has 5 heteroatoms. The summed E-state index contributed by atoms with van der Waals surface area (Å²) in [5.41, 5.74) is -1.73. The molecule has 0 saturated carbocycles. The second-order valence-corrected chi connectivity index (χ2v) is 3.55. The minimum atomic E-state index is -1.80. The molecule has 0 amide bonds. The quantitative estimate of drug-likeness (QED) is 0.542. The fourth-order valence-electron chi connectivity index (χ4n) is 1.22. The van der Waals surface area contributed by atoms with Crippen LogP contribution in [0, 0.1) is 17.0 Å². The molecular weight excluding hydrogens is 187 g/mol. The smallest absolute Gasteiger partial charge is 0.258 e. The van der Waals surface area contributed by atoms with E-state index in [-0.39, 0.29) is 11.4 Å². The van der Waals surface area contributed by atoms with Gasteiger partial charge in [0.15, 0.2) is 11.4 Å². The summed E-state index contributed by atoms with van der Waals surface area (Å²) in [5.74, 6) is 0. The topological polar surface area (TPSA) is 56.0 Å². The molecule has 0 aliphatic heterocycles. The van der Waals surface area contributed by atoms with Gasteiger partial charge in [0, 0.05) is 11.8 Å². The average Bonchev–Trinajstić information content (AvgIpc) is 2.01. The van der Waals surface area contributed by atoms with E-state index in [0.717, 1.165) is 0 Å². The minimum Gasteiger partial charge on any atom is -0.258 e. The Morgan fingerprint density at radius 2 is 2.14 bits per heavy atom. The van der Waals surface area contributed by atoms with E-state index in [2.05, 4.69) is 4.98 Å². The molecule has 76 valence electrons. The Morgan fingerprint density at radius 1 is 1.57 bits per heavy atom. The number of aromatic nitrogens is 1. The fourth-order valence-corrected chi connectivity index (χ4v) is 1.22. The second-order valence-electron chi connectivity index (χ2n) is 3.55. The molecule has 0 aromatic carbocycles. The van der Waals surface area contributed by atoms with Gasteiger partial charge in [-0.1, -0.05) is 0 Å². The lowest BCUT2D eigenvalue weighted by Gasteiger charge is -2.13. The summed E-state index contributed by atoms with van der Waals surface area (Å²) in [6.45, 7) is 4.07. The molecule has 0 bridgehead atoms. The van der Waals surface area contributed by atoms with Gasteiger partial charge < -0.3 is 0 Å². The molecular formula is C9H11FN2O2. The SMILES string of the molecule is Cc1ccnc(C(C)(C)F)c1[N+](=O)[O-]. The number of nitrogens with zero attached hydrogens (tertiary/aromatic N) is 2. The number of rotatable bonds is 2. The van der Waals surface area contributed by atoms with Crippen LogP contribution < -0.4 is 0 Å². The Balaban J connectivity index is 3.44.